The lowest BCUT2D eigenvalue weighted by molar-refractivity contribution is -0.137. The highest BCUT2D eigenvalue weighted by atomic mass is 35.5. The van der Waals surface area contributed by atoms with E-state index in [2.05, 4.69) is 0 Å². The molecule has 0 fully saturated rings. The molecule has 1 N–H and O–H groups in total. The number of carbonyl (C=O) groups is 1. The van der Waals surface area contributed by atoms with Crippen molar-refractivity contribution in [1.82, 2.24) is 4.41 Å². The van der Waals surface area contributed by atoms with Crippen molar-refractivity contribution in [2.75, 3.05) is 5.43 Å². The summed E-state index contributed by atoms with van der Waals surface area (Å²) in [5, 5.41) is 0.229. The summed E-state index contributed by atoms with van der Waals surface area (Å²) in [4.78, 5) is 12.3. The van der Waals surface area contributed by atoms with Crippen LogP contribution in [0.5, 0.6) is 5.75 Å². The van der Waals surface area contributed by atoms with E-state index in [-0.39, 0.29) is 20.1 Å². The van der Waals surface area contributed by atoms with Gasteiger partial charge in [0.2, 0.25) is 0 Å². The molecular weight excluding hydrogens is 457 g/mol. The molecule has 0 saturated heterocycles. The fourth-order valence-electron chi connectivity index (χ4n) is 2.48. The molecule has 0 aliphatic heterocycles. The van der Waals surface area contributed by atoms with Crippen molar-refractivity contribution >= 4 is 33.4 Å². The van der Waals surface area contributed by atoms with E-state index in [1.165, 1.54) is 42.5 Å². The number of rotatable bonds is 5. The van der Waals surface area contributed by atoms with Crippen LogP contribution in [-0.2, 0) is 16.2 Å². The van der Waals surface area contributed by atoms with Crippen molar-refractivity contribution in [2.24, 2.45) is 0 Å². The van der Waals surface area contributed by atoms with Gasteiger partial charge >= 0.3 is 12.3 Å². The Bertz CT molecular complexity index is 1170. The average molecular weight is 471 g/mol. The molecule has 3 aromatic rings. The summed E-state index contributed by atoms with van der Waals surface area (Å²) in [6.07, 6.45) is -6.26. The van der Waals surface area contributed by atoms with Crippen LogP contribution in [0, 0.1) is 0 Å². The Morgan fingerprint density at radius 1 is 0.903 bits per heavy atom. The first kappa shape index (κ1) is 22.4. The van der Waals surface area contributed by atoms with Gasteiger partial charge in [-0.3, -0.25) is 5.43 Å². The molecule has 1 amide bonds. The summed E-state index contributed by atoms with van der Waals surface area (Å²) in [6.45, 7) is 0. The minimum absolute atomic E-state index is 0.00490. The number of para-hydroxylation sites is 2. The van der Waals surface area contributed by atoms with E-state index in [1.807, 2.05) is 5.43 Å². The maximum Gasteiger partial charge on any atom is 0.449 e. The molecule has 0 bridgehead atoms. The number of benzene rings is 3. The number of nitrogens with one attached hydrogen (secondary N) is 1. The molecule has 6 nitrogen and oxygen atoms in total. The third kappa shape index (κ3) is 5.28. The second kappa shape index (κ2) is 8.86. The van der Waals surface area contributed by atoms with Crippen LogP contribution < -0.4 is 10.2 Å². The van der Waals surface area contributed by atoms with Gasteiger partial charge in [-0.25, -0.2) is 4.79 Å². The number of alkyl halides is 3. The maximum atomic E-state index is 13.4. The number of amides is 1. The minimum atomic E-state index is -4.80. The van der Waals surface area contributed by atoms with Crippen molar-refractivity contribution in [2.45, 2.75) is 11.1 Å². The SMILES string of the molecule is O=C(Oc1ccccc1)N(Nc1ccccc1C(F)(F)F)S(=O)(=O)c1ccc(Cl)cc1. The van der Waals surface area contributed by atoms with Crippen molar-refractivity contribution in [1.29, 1.82) is 0 Å². The Morgan fingerprint density at radius 2 is 1.48 bits per heavy atom. The fraction of sp³-hybridized carbons (Fsp3) is 0.0500. The van der Waals surface area contributed by atoms with Crippen LogP contribution in [0.15, 0.2) is 83.8 Å². The van der Waals surface area contributed by atoms with Gasteiger partial charge in [0.25, 0.3) is 10.0 Å². The molecule has 0 aliphatic rings. The molecule has 3 aromatic carbocycles. The second-order valence-electron chi connectivity index (χ2n) is 6.06. The lowest BCUT2D eigenvalue weighted by Gasteiger charge is -2.25. The van der Waals surface area contributed by atoms with Gasteiger partial charge in [0.15, 0.2) is 0 Å². The van der Waals surface area contributed by atoms with Gasteiger partial charge in [-0.15, -0.1) is 4.41 Å². The van der Waals surface area contributed by atoms with E-state index in [4.69, 9.17) is 16.3 Å². The Labute approximate surface area is 180 Å². The number of anilines is 1. The summed E-state index contributed by atoms with van der Waals surface area (Å²) >= 11 is 5.77. The molecule has 3 rings (SSSR count). The van der Waals surface area contributed by atoms with Gasteiger partial charge in [0.05, 0.1) is 16.1 Å². The maximum absolute atomic E-state index is 13.4. The molecule has 0 atom stereocenters. The van der Waals surface area contributed by atoms with Gasteiger partial charge in [0.1, 0.15) is 5.75 Å². The molecular formula is C20H14ClF3N2O4S. The molecule has 0 aliphatic carbocycles. The summed E-state index contributed by atoms with van der Waals surface area (Å²) in [5.41, 5.74) is 0.223. The van der Waals surface area contributed by atoms with E-state index in [0.29, 0.717) is 0 Å². The fourth-order valence-corrected chi connectivity index (χ4v) is 3.75. The Balaban J connectivity index is 2.05. The number of halogens is 4. The quantitative estimate of drug-likeness (QED) is 0.493. The smallest absolute Gasteiger partial charge is 0.408 e. The van der Waals surface area contributed by atoms with E-state index in [0.717, 1.165) is 30.3 Å². The van der Waals surface area contributed by atoms with Crippen molar-refractivity contribution < 1.29 is 31.1 Å². The van der Waals surface area contributed by atoms with Crippen LogP contribution >= 0.6 is 11.6 Å². The predicted octanol–water partition coefficient (Wildman–Crippen LogP) is 5.58. The first-order chi connectivity index (χ1) is 14.6. The monoisotopic (exact) mass is 470 g/mol. The minimum Gasteiger partial charge on any atom is -0.408 e. The van der Waals surface area contributed by atoms with E-state index in [9.17, 15) is 26.4 Å². The first-order valence-corrected chi connectivity index (χ1v) is 10.4. The zero-order valence-corrected chi connectivity index (χ0v) is 17.1. The topological polar surface area (TPSA) is 75.7 Å². The number of carbonyl (C=O) groups excluding carboxylic acids is 1. The Hall–Kier alpha value is -3.24. The van der Waals surface area contributed by atoms with Crippen molar-refractivity contribution in [3.05, 3.63) is 89.4 Å². The number of sulfonamides is 1. The Morgan fingerprint density at radius 3 is 2.10 bits per heavy atom. The first-order valence-electron chi connectivity index (χ1n) is 8.59. The molecule has 0 aromatic heterocycles. The largest absolute Gasteiger partial charge is 0.449 e. The van der Waals surface area contributed by atoms with Gasteiger partial charge in [-0.1, -0.05) is 41.9 Å². The van der Waals surface area contributed by atoms with E-state index >= 15 is 0 Å². The summed E-state index contributed by atoms with van der Waals surface area (Å²) in [5.74, 6) is -0.00490. The number of hydrazine groups is 1. The number of nitrogens with zero attached hydrogens (tertiary/aromatic N) is 1. The molecule has 0 spiro atoms. The number of hydrogen-bond donors (Lipinski definition) is 1. The zero-order valence-electron chi connectivity index (χ0n) is 15.5. The zero-order chi connectivity index (χ0) is 22.6. The van der Waals surface area contributed by atoms with Crippen LogP contribution in [0.25, 0.3) is 0 Å². The van der Waals surface area contributed by atoms with Crippen LogP contribution in [0.4, 0.5) is 23.7 Å². The highest BCUT2D eigenvalue weighted by Crippen LogP contribution is 2.35. The highest BCUT2D eigenvalue weighted by molar-refractivity contribution is 7.89. The molecule has 0 unspecified atom stereocenters. The Kier molecular flexibility index (Phi) is 6.42. The van der Waals surface area contributed by atoms with Gasteiger partial charge < -0.3 is 4.74 Å². The van der Waals surface area contributed by atoms with Crippen LogP contribution in [0.3, 0.4) is 0 Å². The predicted molar refractivity (Wildman–Crippen MR) is 108 cm³/mol. The second-order valence-corrected chi connectivity index (χ2v) is 8.28. The molecule has 0 saturated carbocycles. The van der Waals surface area contributed by atoms with Crippen LogP contribution in [0.1, 0.15) is 5.56 Å². The van der Waals surface area contributed by atoms with E-state index < -0.39 is 33.5 Å². The van der Waals surface area contributed by atoms with Crippen molar-refractivity contribution in [3.8, 4) is 5.75 Å². The van der Waals surface area contributed by atoms with Crippen molar-refractivity contribution in [3.63, 3.8) is 0 Å². The lowest BCUT2D eigenvalue weighted by atomic mass is 10.2. The third-order valence-electron chi connectivity index (χ3n) is 3.92. The molecule has 31 heavy (non-hydrogen) atoms. The van der Waals surface area contributed by atoms with Gasteiger partial charge in [0, 0.05) is 5.02 Å². The van der Waals surface area contributed by atoms with Crippen LogP contribution in [-0.4, -0.2) is 18.9 Å². The normalized spacial score (nSPS) is 11.6. The van der Waals surface area contributed by atoms with Crippen LogP contribution in [0.2, 0.25) is 5.02 Å². The number of ether oxygens (including phenoxy) is 1. The lowest BCUT2D eigenvalue weighted by Crippen LogP contribution is -2.43. The third-order valence-corrected chi connectivity index (χ3v) is 5.76. The average Bonchev–Trinajstić information content (AvgIpc) is 2.72. The number of hydrogen-bond acceptors (Lipinski definition) is 5. The summed E-state index contributed by atoms with van der Waals surface area (Å²) in [7, 11) is -4.68. The molecule has 0 radical (unpaired) electrons. The molecule has 162 valence electrons. The molecule has 0 heterocycles. The standard InChI is InChI=1S/C20H14ClF3N2O4S/c21-14-10-12-16(13-11-14)31(28,29)26(19(27)30-15-6-2-1-3-7-15)25-18-9-5-4-8-17(18)20(22,23)24/h1-13,25H. The summed E-state index contributed by atoms with van der Waals surface area (Å²) < 4.78 is 71.3. The molecule has 11 heteroatoms. The summed E-state index contributed by atoms with van der Waals surface area (Å²) in [6, 6.07) is 16.3. The highest BCUT2D eigenvalue weighted by Gasteiger charge is 2.37. The van der Waals surface area contributed by atoms with Gasteiger partial charge in [-0.05, 0) is 48.5 Å². The van der Waals surface area contributed by atoms with E-state index in [1.54, 1.807) is 6.07 Å². The van der Waals surface area contributed by atoms with Gasteiger partial charge in [-0.2, -0.15) is 21.6 Å².